The fraction of sp³-hybridized carbons (Fsp3) is 0.545. The van der Waals surface area contributed by atoms with Crippen molar-refractivity contribution in [2.75, 3.05) is 6.54 Å². The number of thiophene rings is 1. The van der Waals surface area contributed by atoms with Crippen molar-refractivity contribution in [3.8, 4) is 0 Å². The predicted octanol–water partition coefficient (Wildman–Crippen LogP) is 2.08. The van der Waals surface area contributed by atoms with Crippen LogP contribution in [-0.2, 0) is 10.0 Å². The largest absolute Gasteiger partial charge is 0.477 e. The molecule has 0 saturated heterocycles. The lowest BCUT2D eigenvalue weighted by molar-refractivity contribution is 0.0701. The van der Waals surface area contributed by atoms with Gasteiger partial charge in [0, 0.05) is 6.54 Å². The summed E-state index contributed by atoms with van der Waals surface area (Å²) < 4.78 is 26.5. The molecule has 0 fully saturated rings. The molecule has 0 aromatic carbocycles. The Morgan fingerprint density at radius 3 is 2.39 bits per heavy atom. The summed E-state index contributed by atoms with van der Waals surface area (Å²) in [6, 6.07) is 1.39. The minimum atomic E-state index is -3.62. The first-order chi connectivity index (χ1) is 8.03. The van der Waals surface area contributed by atoms with Crippen LogP contribution in [-0.4, -0.2) is 26.0 Å². The highest BCUT2D eigenvalue weighted by Crippen LogP contribution is 2.26. The van der Waals surface area contributed by atoms with E-state index in [1.807, 2.05) is 20.8 Å². The zero-order chi connectivity index (χ0) is 14.1. The van der Waals surface area contributed by atoms with Crippen LogP contribution in [0.15, 0.2) is 10.3 Å². The zero-order valence-corrected chi connectivity index (χ0v) is 12.4. The van der Waals surface area contributed by atoms with Crippen molar-refractivity contribution in [3.05, 3.63) is 16.5 Å². The van der Waals surface area contributed by atoms with Crippen LogP contribution in [0.5, 0.6) is 0 Å². The number of aryl methyl sites for hydroxylation is 1. The fourth-order valence-electron chi connectivity index (χ4n) is 1.18. The third-order valence-electron chi connectivity index (χ3n) is 2.15. The summed E-state index contributed by atoms with van der Waals surface area (Å²) in [5, 5.41) is 8.90. The molecule has 0 aliphatic carbocycles. The van der Waals surface area contributed by atoms with E-state index in [1.165, 1.54) is 6.07 Å². The summed E-state index contributed by atoms with van der Waals surface area (Å²) in [7, 11) is -3.62. The Morgan fingerprint density at radius 1 is 1.44 bits per heavy atom. The van der Waals surface area contributed by atoms with Crippen LogP contribution in [0.2, 0.25) is 0 Å². The average Bonchev–Trinajstić information content (AvgIpc) is 2.57. The summed E-state index contributed by atoms with van der Waals surface area (Å²) in [5.41, 5.74) is 0.290. The fourth-order valence-corrected chi connectivity index (χ4v) is 3.89. The van der Waals surface area contributed by atoms with Gasteiger partial charge in [-0.15, -0.1) is 11.3 Å². The van der Waals surface area contributed by atoms with Crippen molar-refractivity contribution in [1.29, 1.82) is 0 Å². The van der Waals surface area contributed by atoms with Crippen molar-refractivity contribution in [3.63, 3.8) is 0 Å². The minimum absolute atomic E-state index is 0.0432. The van der Waals surface area contributed by atoms with Gasteiger partial charge in [-0.1, -0.05) is 20.8 Å². The highest BCUT2D eigenvalue weighted by molar-refractivity contribution is 7.91. The van der Waals surface area contributed by atoms with Crippen LogP contribution < -0.4 is 4.72 Å². The van der Waals surface area contributed by atoms with E-state index in [2.05, 4.69) is 4.72 Å². The molecular weight excluding hydrogens is 274 g/mol. The SMILES string of the molecule is Cc1cc(S(=O)(=O)NCC(C)(C)C)sc1C(=O)O. The van der Waals surface area contributed by atoms with E-state index in [-0.39, 0.29) is 14.5 Å². The monoisotopic (exact) mass is 291 g/mol. The second kappa shape index (κ2) is 4.99. The molecule has 1 heterocycles. The van der Waals surface area contributed by atoms with E-state index in [9.17, 15) is 13.2 Å². The first kappa shape index (κ1) is 15.1. The van der Waals surface area contributed by atoms with Gasteiger partial charge < -0.3 is 5.11 Å². The lowest BCUT2D eigenvalue weighted by Gasteiger charge is -2.18. The molecule has 0 unspecified atom stereocenters. The predicted molar refractivity (Wildman–Crippen MR) is 70.7 cm³/mol. The summed E-state index contributed by atoms with van der Waals surface area (Å²) in [6.45, 7) is 7.63. The Kier molecular flexibility index (Phi) is 4.19. The van der Waals surface area contributed by atoms with E-state index in [0.717, 1.165) is 11.3 Å². The molecule has 7 heteroatoms. The van der Waals surface area contributed by atoms with E-state index in [1.54, 1.807) is 6.92 Å². The second-order valence-corrected chi connectivity index (χ2v) is 8.31. The van der Waals surface area contributed by atoms with Gasteiger partial charge in [0.2, 0.25) is 10.0 Å². The first-order valence-corrected chi connectivity index (χ1v) is 7.66. The van der Waals surface area contributed by atoms with Crippen molar-refractivity contribution >= 4 is 27.3 Å². The van der Waals surface area contributed by atoms with Crippen LogP contribution in [0, 0.1) is 12.3 Å². The summed E-state index contributed by atoms with van der Waals surface area (Å²) >= 11 is 0.775. The quantitative estimate of drug-likeness (QED) is 0.889. The van der Waals surface area contributed by atoms with E-state index >= 15 is 0 Å². The molecule has 0 amide bonds. The Labute approximate surface area is 111 Å². The van der Waals surface area contributed by atoms with Gasteiger partial charge in [-0.2, -0.15) is 0 Å². The van der Waals surface area contributed by atoms with Crippen LogP contribution in [0.1, 0.15) is 36.0 Å². The molecule has 0 spiro atoms. The Morgan fingerprint density at radius 2 is 2.00 bits per heavy atom. The number of rotatable bonds is 4. The molecule has 0 saturated carbocycles. The first-order valence-electron chi connectivity index (χ1n) is 5.36. The number of carboxylic acids is 1. The molecule has 5 nitrogen and oxygen atoms in total. The smallest absolute Gasteiger partial charge is 0.346 e. The minimum Gasteiger partial charge on any atom is -0.477 e. The van der Waals surface area contributed by atoms with E-state index < -0.39 is 16.0 Å². The maximum absolute atomic E-state index is 12.0. The number of hydrogen-bond acceptors (Lipinski definition) is 4. The molecule has 1 aromatic heterocycles. The third kappa shape index (κ3) is 3.79. The number of nitrogens with one attached hydrogen (secondary N) is 1. The summed E-state index contributed by atoms with van der Waals surface area (Å²) in [5.74, 6) is -1.10. The van der Waals surface area contributed by atoms with Crippen LogP contribution in [0.25, 0.3) is 0 Å². The van der Waals surface area contributed by atoms with Gasteiger partial charge in [0.25, 0.3) is 0 Å². The maximum Gasteiger partial charge on any atom is 0.346 e. The van der Waals surface area contributed by atoms with Crippen LogP contribution >= 0.6 is 11.3 Å². The average molecular weight is 291 g/mol. The lowest BCUT2D eigenvalue weighted by Crippen LogP contribution is -2.31. The van der Waals surface area contributed by atoms with Gasteiger partial charge in [0.05, 0.1) is 0 Å². The lowest BCUT2D eigenvalue weighted by atomic mass is 9.98. The van der Waals surface area contributed by atoms with Gasteiger partial charge in [0.1, 0.15) is 9.09 Å². The zero-order valence-electron chi connectivity index (χ0n) is 10.8. The third-order valence-corrected chi connectivity index (χ3v) is 5.25. The Bertz CT molecular complexity index is 552. The molecular formula is C11H17NO4S2. The molecule has 0 aliphatic heterocycles. The van der Waals surface area contributed by atoms with Crippen molar-refractivity contribution in [2.24, 2.45) is 5.41 Å². The van der Waals surface area contributed by atoms with Crippen molar-refractivity contribution in [2.45, 2.75) is 31.9 Å². The maximum atomic E-state index is 12.0. The second-order valence-electron chi connectivity index (χ2n) is 5.27. The van der Waals surface area contributed by atoms with Gasteiger partial charge in [-0.3, -0.25) is 0 Å². The van der Waals surface area contributed by atoms with Gasteiger partial charge in [0.15, 0.2) is 0 Å². The topological polar surface area (TPSA) is 83.5 Å². The summed E-state index contributed by atoms with van der Waals surface area (Å²) in [6.07, 6.45) is 0. The normalized spacial score (nSPS) is 12.7. The molecule has 0 radical (unpaired) electrons. The van der Waals surface area contributed by atoms with Crippen molar-refractivity contribution < 1.29 is 18.3 Å². The number of carboxylic acid groups (broad SMARTS) is 1. The highest BCUT2D eigenvalue weighted by Gasteiger charge is 2.23. The van der Waals surface area contributed by atoms with Gasteiger partial charge in [-0.05, 0) is 24.0 Å². The molecule has 1 rings (SSSR count). The van der Waals surface area contributed by atoms with Gasteiger partial charge >= 0.3 is 5.97 Å². The standard InChI is InChI=1S/C11H17NO4S2/c1-7-5-8(17-9(7)10(13)14)18(15,16)12-6-11(2,3)4/h5,12H,6H2,1-4H3,(H,13,14). The number of aromatic carboxylic acids is 1. The number of sulfonamides is 1. The van der Waals surface area contributed by atoms with Gasteiger partial charge in [-0.25, -0.2) is 17.9 Å². The molecule has 2 N–H and O–H groups in total. The van der Waals surface area contributed by atoms with E-state index in [4.69, 9.17) is 5.11 Å². The molecule has 0 bridgehead atoms. The van der Waals surface area contributed by atoms with Crippen molar-refractivity contribution in [1.82, 2.24) is 4.72 Å². The van der Waals surface area contributed by atoms with E-state index in [0.29, 0.717) is 12.1 Å². The Balaban J connectivity index is 2.99. The Hall–Kier alpha value is -0.920. The molecule has 1 aromatic rings. The number of carbonyl (C=O) groups is 1. The molecule has 102 valence electrons. The number of hydrogen-bond donors (Lipinski definition) is 2. The van der Waals surface area contributed by atoms with Crippen LogP contribution in [0.3, 0.4) is 0 Å². The molecule has 0 atom stereocenters. The highest BCUT2D eigenvalue weighted by atomic mass is 32.2. The molecule has 18 heavy (non-hydrogen) atoms. The summed E-state index contributed by atoms with van der Waals surface area (Å²) in [4.78, 5) is 10.9. The van der Waals surface area contributed by atoms with Crippen LogP contribution in [0.4, 0.5) is 0 Å². The molecule has 0 aliphatic rings.